The summed E-state index contributed by atoms with van der Waals surface area (Å²) in [7, 11) is -2.49. The molecule has 0 saturated heterocycles. The molecule has 0 saturated carbocycles. The molecule has 0 aromatic heterocycles. The van der Waals surface area contributed by atoms with Gasteiger partial charge in [-0.15, -0.1) is 0 Å². The number of primary sulfonamides is 1. The molecule has 0 unspecified atom stereocenters. The van der Waals surface area contributed by atoms with Crippen molar-refractivity contribution in [2.75, 3.05) is 20.3 Å². The summed E-state index contributed by atoms with van der Waals surface area (Å²) in [6.45, 7) is 0.564. The number of carbonyl (C=O) groups is 1. The predicted molar refractivity (Wildman–Crippen MR) is 72.0 cm³/mol. The Morgan fingerprint density at radius 1 is 1.42 bits per heavy atom. The predicted octanol–water partition coefficient (Wildman–Crippen LogP) is 1.02. The van der Waals surface area contributed by atoms with Gasteiger partial charge in [-0.25, -0.2) is 13.6 Å². The molecule has 19 heavy (non-hydrogen) atoms. The maximum atomic E-state index is 11.8. The first-order valence-electron chi connectivity index (χ1n) is 5.06. The van der Waals surface area contributed by atoms with E-state index >= 15 is 0 Å². The van der Waals surface area contributed by atoms with Crippen LogP contribution in [0.4, 0.5) is 0 Å². The van der Waals surface area contributed by atoms with Gasteiger partial charge in [0.15, 0.2) is 0 Å². The van der Waals surface area contributed by atoms with Gasteiger partial charge in [-0.1, -0.05) is 23.2 Å². The lowest BCUT2D eigenvalue weighted by Gasteiger charge is -2.09. The van der Waals surface area contributed by atoms with Crippen LogP contribution in [0.15, 0.2) is 17.0 Å². The van der Waals surface area contributed by atoms with Crippen molar-refractivity contribution in [2.24, 2.45) is 5.14 Å². The molecular formula is C10H12Cl2N2O4S. The van der Waals surface area contributed by atoms with E-state index in [1.807, 2.05) is 0 Å². The molecule has 0 aliphatic heterocycles. The summed E-state index contributed by atoms with van der Waals surface area (Å²) in [5.74, 6) is -0.561. The molecule has 0 fully saturated rings. The number of hydrogen-bond donors (Lipinski definition) is 2. The average molecular weight is 327 g/mol. The standard InChI is InChI=1S/C10H12Cl2N2O4S/c1-18-3-2-14-10(15)7-4-6(19(13,16)17)5-8(11)9(7)12/h4-5H,2-3H2,1H3,(H,14,15)(H2,13,16,17). The maximum Gasteiger partial charge on any atom is 0.252 e. The molecule has 6 nitrogen and oxygen atoms in total. The van der Waals surface area contributed by atoms with Crippen LogP contribution < -0.4 is 10.5 Å². The van der Waals surface area contributed by atoms with Crippen molar-refractivity contribution in [1.29, 1.82) is 0 Å². The molecule has 1 amide bonds. The van der Waals surface area contributed by atoms with E-state index in [0.717, 1.165) is 12.1 Å². The van der Waals surface area contributed by atoms with Crippen molar-refractivity contribution >= 4 is 39.1 Å². The third kappa shape index (κ3) is 4.32. The molecule has 1 aromatic rings. The molecule has 0 radical (unpaired) electrons. The monoisotopic (exact) mass is 326 g/mol. The van der Waals surface area contributed by atoms with Gasteiger partial charge in [0.05, 0.1) is 27.1 Å². The number of nitrogens with one attached hydrogen (secondary N) is 1. The van der Waals surface area contributed by atoms with Gasteiger partial charge in [0, 0.05) is 13.7 Å². The van der Waals surface area contributed by atoms with Crippen LogP contribution in [0.3, 0.4) is 0 Å². The number of hydrogen-bond acceptors (Lipinski definition) is 4. The van der Waals surface area contributed by atoms with E-state index in [4.69, 9.17) is 33.1 Å². The largest absolute Gasteiger partial charge is 0.383 e. The average Bonchev–Trinajstić information content (AvgIpc) is 2.31. The topological polar surface area (TPSA) is 98.5 Å². The van der Waals surface area contributed by atoms with Crippen LogP contribution in [-0.4, -0.2) is 34.6 Å². The third-order valence-electron chi connectivity index (χ3n) is 2.17. The highest BCUT2D eigenvalue weighted by Crippen LogP contribution is 2.29. The molecule has 0 aliphatic rings. The summed E-state index contributed by atoms with van der Waals surface area (Å²) in [5, 5.41) is 7.39. The fourth-order valence-corrected chi connectivity index (χ4v) is 2.30. The highest BCUT2D eigenvalue weighted by Gasteiger charge is 2.18. The van der Waals surface area contributed by atoms with Gasteiger partial charge in [0.1, 0.15) is 0 Å². The Morgan fingerprint density at radius 2 is 2.05 bits per heavy atom. The normalized spacial score (nSPS) is 11.4. The van der Waals surface area contributed by atoms with E-state index in [-0.39, 0.29) is 27.0 Å². The Hall–Kier alpha value is -0.860. The van der Waals surface area contributed by atoms with Crippen molar-refractivity contribution < 1.29 is 17.9 Å². The minimum atomic E-state index is -3.97. The van der Waals surface area contributed by atoms with Crippen molar-refractivity contribution in [1.82, 2.24) is 5.32 Å². The van der Waals surface area contributed by atoms with Crippen LogP contribution >= 0.6 is 23.2 Å². The number of nitrogens with two attached hydrogens (primary N) is 1. The van der Waals surface area contributed by atoms with Crippen LogP contribution in [0, 0.1) is 0 Å². The smallest absolute Gasteiger partial charge is 0.252 e. The van der Waals surface area contributed by atoms with Crippen molar-refractivity contribution in [2.45, 2.75) is 4.90 Å². The van der Waals surface area contributed by atoms with E-state index < -0.39 is 15.9 Å². The zero-order valence-corrected chi connectivity index (χ0v) is 12.3. The van der Waals surface area contributed by atoms with Crippen molar-refractivity contribution in [3.05, 3.63) is 27.7 Å². The van der Waals surface area contributed by atoms with Gasteiger partial charge >= 0.3 is 0 Å². The number of carbonyl (C=O) groups excluding carboxylic acids is 1. The van der Waals surface area contributed by atoms with Crippen molar-refractivity contribution in [3.63, 3.8) is 0 Å². The lowest BCUT2D eigenvalue weighted by Crippen LogP contribution is -2.27. The first kappa shape index (κ1) is 16.2. The lowest BCUT2D eigenvalue weighted by atomic mass is 10.2. The zero-order chi connectivity index (χ0) is 14.6. The van der Waals surface area contributed by atoms with E-state index in [1.54, 1.807) is 0 Å². The molecule has 1 aromatic carbocycles. The van der Waals surface area contributed by atoms with Gasteiger partial charge in [0.25, 0.3) is 5.91 Å². The summed E-state index contributed by atoms with van der Waals surface area (Å²) < 4.78 is 27.3. The molecule has 9 heteroatoms. The van der Waals surface area contributed by atoms with Gasteiger partial charge in [-0.2, -0.15) is 0 Å². The summed E-state index contributed by atoms with van der Waals surface area (Å²) >= 11 is 11.6. The quantitative estimate of drug-likeness (QED) is 0.789. The number of methoxy groups -OCH3 is 1. The first-order valence-corrected chi connectivity index (χ1v) is 7.36. The lowest BCUT2D eigenvalue weighted by molar-refractivity contribution is 0.0937. The summed E-state index contributed by atoms with van der Waals surface area (Å²) in [4.78, 5) is 11.5. The first-order chi connectivity index (χ1) is 8.77. The van der Waals surface area contributed by atoms with Gasteiger partial charge < -0.3 is 10.1 Å². The summed E-state index contributed by atoms with van der Waals surface area (Å²) in [6.07, 6.45) is 0. The van der Waals surface area contributed by atoms with E-state index in [0.29, 0.717) is 6.61 Å². The SMILES string of the molecule is COCCNC(=O)c1cc(S(N)(=O)=O)cc(Cl)c1Cl. The van der Waals surface area contributed by atoms with Crippen molar-refractivity contribution in [3.8, 4) is 0 Å². The maximum absolute atomic E-state index is 11.8. The van der Waals surface area contributed by atoms with Crippen LogP contribution in [0.25, 0.3) is 0 Å². The number of ether oxygens (including phenoxy) is 1. The fraction of sp³-hybridized carbons (Fsp3) is 0.300. The second kappa shape index (κ2) is 6.53. The minimum absolute atomic E-state index is 0.0380. The van der Waals surface area contributed by atoms with Crippen LogP contribution in [0.2, 0.25) is 10.0 Å². The summed E-state index contributed by atoms with van der Waals surface area (Å²) in [6, 6.07) is 2.16. The van der Waals surface area contributed by atoms with Gasteiger partial charge in [0.2, 0.25) is 10.0 Å². The number of amides is 1. The molecule has 0 spiro atoms. The molecule has 0 bridgehead atoms. The molecule has 1 rings (SSSR count). The second-order valence-electron chi connectivity index (χ2n) is 3.56. The highest BCUT2D eigenvalue weighted by molar-refractivity contribution is 7.89. The van der Waals surface area contributed by atoms with E-state index in [1.165, 1.54) is 7.11 Å². The molecule has 0 aliphatic carbocycles. The van der Waals surface area contributed by atoms with Crippen LogP contribution in [-0.2, 0) is 14.8 Å². The number of rotatable bonds is 5. The Morgan fingerprint density at radius 3 is 2.58 bits per heavy atom. The molecule has 0 heterocycles. The Balaban J connectivity index is 3.13. The van der Waals surface area contributed by atoms with Gasteiger partial charge in [-0.05, 0) is 12.1 Å². The molecule has 0 atom stereocenters. The number of benzene rings is 1. The Labute approximate surface area is 120 Å². The molecule has 106 valence electrons. The second-order valence-corrected chi connectivity index (χ2v) is 5.91. The molecule has 3 N–H and O–H groups in total. The summed E-state index contributed by atoms with van der Waals surface area (Å²) in [5.41, 5.74) is -0.0608. The van der Waals surface area contributed by atoms with Crippen LogP contribution in [0.1, 0.15) is 10.4 Å². The highest BCUT2D eigenvalue weighted by atomic mass is 35.5. The fourth-order valence-electron chi connectivity index (χ4n) is 1.26. The third-order valence-corrected chi connectivity index (χ3v) is 3.86. The Bertz CT molecular complexity index is 589. The number of sulfonamides is 1. The van der Waals surface area contributed by atoms with Gasteiger partial charge in [-0.3, -0.25) is 4.79 Å². The van der Waals surface area contributed by atoms with Crippen LogP contribution in [0.5, 0.6) is 0 Å². The Kier molecular flexibility index (Phi) is 5.57. The minimum Gasteiger partial charge on any atom is -0.383 e. The number of halogens is 2. The molecular weight excluding hydrogens is 315 g/mol. The van der Waals surface area contributed by atoms with E-state index in [9.17, 15) is 13.2 Å². The zero-order valence-electron chi connectivity index (χ0n) is 9.94. The van der Waals surface area contributed by atoms with E-state index in [2.05, 4.69) is 5.32 Å².